The van der Waals surface area contributed by atoms with Crippen LogP contribution < -0.4 is 10.6 Å². The Kier molecular flexibility index (Phi) is 4.99. The van der Waals surface area contributed by atoms with Gasteiger partial charge >= 0.3 is 0 Å². The maximum atomic E-state index is 13.3. The first kappa shape index (κ1) is 17.8. The lowest BCUT2D eigenvalue weighted by Gasteiger charge is -2.13. The zero-order valence-electron chi connectivity index (χ0n) is 14.6. The summed E-state index contributed by atoms with van der Waals surface area (Å²) in [5, 5.41) is 1.30. The molecule has 0 saturated carbocycles. The fraction of sp³-hybridized carbons (Fsp3) is 0. The molecule has 4 aromatic rings. The van der Waals surface area contributed by atoms with E-state index in [0.717, 1.165) is 22.3 Å². The van der Waals surface area contributed by atoms with Crippen molar-refractivity contribution in [1.29, 1.82) is 0 Å². The molecule has 0 amide bonds. The van der Waals surface area contributed by atoms with E-state index in [2.05, 4.69) is 24.3 Å². The Balaban J connectivity index is 1.62. The minimum absolute atomic E-state index is 0.649. The predicted octanol–water partition coefficient (Wildman–Crippen LogP) is 6.49. The van der Waals surface area contributed by atoms with Crippen LogP contribution in [-0.2, 0) is 4.57 Å². The van der Waals surface area contributed by atoms with E-state index in [1.165, 1.54) is 0 Å². The molecule has 4 aromatic carbocycles. The quantitative estimate of drug-likeness (QED) is 0.365. The fourth-order valence-electron chi connectivity index (χ4n) is 3.10. The summed E-state index contributed by atoms with van der Waals surface area (Å²) in [6, 6.07) is 35.5. The van der Waals surface area contributed by atoms with E-state index in [1.807, 2.05) is 84.9 Å². The molecular weight excluding hydrogens is 371 g/mol. The van der Waals surface area contributed by atoms with Gasteiger partial charge in [0, 0.05) is 10.6 Å². The molecular formula is C24H18ClOP. The standard InChI is InChI=1S/C24H18ClOP/c25-27(26,23-15-11-21(12-16-23)19-7-3-1-4-8-19)24-17-13-22(14-18-24)20-9-5-2-6-10-20/h1-18H. The highest BCUT2D eigenvalue weighted by atomic mass is 35.7. The van der Waals surface area contributed by atoms with Gasteiger partial charge in [0.2, 0.25) is 6.49 Å². The van der Waals surface area contributed by atoms with Crippen molar-refractivity contribution in [2.45, 2.75) is 0 Å². The fourth-order valence-corrected chi connectivity index (χ4v) is 5.14. The van der Waals surface area contributed by atoms with Crippen LogP contribution in [0.3, 0.4) is 0 Å². The first-order valence-corrected chi connectivity index (χ1v) is 11.4. The van der Waals surface area contributed by atoms with Crippen LogP contribution in [0, 0.1) is 0 Å². The van der Waals surface area contributed by atoms with Gasteiger partial charge in [0.05, 0.1) is 0 Å². The van der Waals surface area contributed by atoms with E-state index in [9.17, 15) is 4.57 Å². The molecule has 0 aliphatic heterocycles. The van der Waals surface area contributed by atoms with Crippen molar-refractivity contribution >= 4 is 28.3 Å². The average Bonchev–Trinajstić information content (AvgIpc) is 2.75. The third-order valence-corrected chi connectivity index (χ3v) is 7.71. The zero-order valence-corrected chi connectivity index (χ0v) is 16.3. The molecule has 0 radical (unpaired) electrons. The first-order valence-electron chi connectivity index (χ1n) is 8.76. The lowest BCUT2D eigenvalue weighted by atomic mass is 10.1. The summed E-state index contributed by atoms with van der Waals surface area (Å²) in [5.74, 6) is 0. The van der Waals surface area contributed by atoms with Gasteiger partial charge in [-0.15, -0.1) is 0 Å². The van der Waals surface area contributed by atoms with Crippen molar-refractivity contribution in [3.63, 3.8) is 0 Å². The van der Waals surface area contributed by atoms with Crippen LogP contribution in [0.15, 0.2) is 109 Å². The Morgan fingerprint density at radius 1 is 0.444 bits per heavy atom. The molecule has 0 bridgehead atoms. The summed E-state index contributed by atoms with van der Waals surface area (Å²) in [7, 11) is 0. The van der Waals surface area contributed by atoms with Gasteiger partial charge in [-0.3, -0.25) is 4.57 Å². The number of benzene rings is 4. The maximum Gasteiger partial charge on any atom is 0.225 e. The summed E-state index contributed by atoms with van der Waals surface area (Å²) in [6.45, 7) is -3.15. The van der Waals surface area contributed by atoms with E-state index in [0.29, 0.717) is 10.6 Å². The largest absolute Gasteiger partial charge is 0.296 e. The Labute approximate surface area is 164 Å². The lowest BCUT2D eigenvalue weighted by molar-refractivity contribution is 0.595. The maximum absolute atomic E-state index is 13.3. The van der Waals surface area contributed by atoms with Gasteiger partial charge in [0.15, 0.2) is 0 Å². The second-order valence-electron chi connectivity index (χ2n) is 6.36. The molecule has 4 rings (SSSR count). The van der Waals surface area contributed by atoms with Crippen molar-refractivity contribution in [2.75, 3.05) is 0 Å². The molecule has 0 spiro atoms. The van der Waals surface area contributed by atoms with Crippen molar-refractivity contribution in [3.05, 3.63) is 109 Å². The average molecular weight is 389 g/mol. The second-order valence-corrected chi connectivity index (χ2v) is 9.88. The highest BCUT2D eigenvalue weighted by Gasteiger charge is 2.24. The van der Waals surface area contributed by atoms with E-state index >= 15 is 0 Å². The highest BCUT2D eigenvalue weighted by Crippen LogP contribution is 2.49. The van der Waals surface area contributed by atoms with Crippen LogP contribution in [-0.4, -0.2) is 0 Å². The van der Waals surface area contributed by atoms with Crippen LogP contribution >= 0.6 is 17.7 Å². The highest BCUT2D eigenvalue weighted by molar-refractivity contribution is 8.00. The van der Waals surface area contributed by atoms with E-state index in [-0.39, 0.29) is 0 Å². The number of hydrogen-bond acceptors (Lipinski definition) is 1. The predicted molar refractivity (Wildman–Crippen MR) is 116 cm³/mol. The van der Waals surface area contributed by atoms with Gasteiger partial charge in [0.25, 0.3) is 0 Å². The summed E-state index contributed by atoms with van der Waals surface area (Å²) >= 11 is 6.54. The monoisotopic (exact) mass is 388 g/mol. The Hall–Kier alpha value is -2.60. The van der Waals surface area contributed by atoms with Gasteiger partial charge in [-0.1, -0.05) is 84.9 Å². The summed E-state index contributed by atoms with van der Waals surface area (Å²) in [6.07, 6.45) is 0. The normalized spacial score (nSPS) is 11.3. The molecule has 0 aliphatic rings. The van der Waals surface area contributed by atoms with E-state index in [1.54, 1.807) is 0 Å². The lowest BCUT2D eigenvalue weighted by Crippen LogP contribution is -2.11. The molecule has 0 saturated heterocycles. The van der Waals surface area contributed by atoms with Crippen molar-refractivity contribution in [1.82, 2.24) is 0 Å². The molecule has 0 N–H and O–H groups in total. The molecule has 0 unspecified atom stereocenters. The molecule has 27 heavy (non-hydrogen) atoms. The van der Waals surface area contributed by atoms with Crippen LogP contribution in [0.25, 0.3) is 22.3 Å². The van der Waals surface area contributed by atoms with Crippen LogP contribution in [0.5, 0.6) is 0 Å². The Morgan fingerprint density at radius 3 is 1.07 bits per heavy atom. The molecule has 0 aliphatic carbocycles. The van der Waals surface area contributed by atoms with Gasteiger partial charge in [0.1, 0.15) is 0 Å². The zero-order chi connectivity index (χ0) is 18.7. The molecule has 0 heterocycles. The molecule has 0 atom stereocenters. The molecule has 132 valence electrons. The van der Waals surface area contributed by atoms with Gasteiger partial charge < -0.3 is 0 Å². The van der Waals surface area contributed by atoms with Gasteiger partial charge in [-0.2, -0.15) is 0 Å². The van der Waals surface area contributed by atoms with Crippen LogP contribution in [0.2, 0.25) is 0 Å². The molecule has 0 fully saturated rings. The van der Waals surface area contributed by atoms with Crippen LogP contribution in [0.1, 0.15) is 0 Å². The van der Waals surface area contributed by atoms with Crippen molar-refractivity contribution in [2.24, 2.45) is 0 Å². The summed E-state index contributed by atoms with van der Waals surface area (Å²) in [4.78, 5) is 0. The number of hydrogen-bond donors (Lipinski definition) is 0. The smallest absolute Gasteiger partial charge is 0.225 e. The first-order chi connectivity index (χ1) is 13.1. The summed E-state index contributed by atoms with van der Waals surface area (Å²) < 4.78 is 13.3. The van der Waals surface area contributed by atoms with E-state index < -0.39 is 6.49 Å². The van der Waals surface area contributed by atoms with E-state index in [4.69, 9.17) is 11.2 Å². The minimum atomic E-state index is -3.15. The molecule has 1 nitrogen and oxygen atoms in total. The second kappa shape index (κ2) is 7.56. The van der Waals surface area contributed by atoms with Gasteiger partial charge in [-0.25, -0.2) is 0 Å². The van der Waals surface area contributed by atoms with Crippen molar-refractivity contribution < 1.29 is 4.57 Å². The number of rotatable bonds is 4. The number of halogens is 1. The Bertz CT molecular complexity index is 986. The SMILES string of the molecule is O=P(Cl)(c1ccc(-c2ccccc2)cc1)c1ccc(-c2ccccc2)cc1. The minimum Gasteiger partial charge on any atom is -0.296 e. The topological polar surface area (TPSA) is 17.1 Å². The molecule has 3 heteroatoms. The van der Waals surface area contributed by atoms with Crippen molar-refractivity contribution in [3.8, 4) is 22.3 Å². The third-order valence-electron chi connectivity index (χ3n) is 4.61. The molecule has 0 aromatic heterocycles. The van der Waals surface area contributed by atoms with Crippen LogP contribution in [0.4, 0.5) is 0 Å². The third kappa shape index (κ3) is 3.76. The Morgan fingerprint density at radius 2 is 0.741 bits per heavy atom. The summed E-state index contributed by atoms with van der Waals surface area (Å²) in [5.41, 5.74) is 4.41. The van der Waals surface area contributed by atoms with Gasteiger partial charge in [-0.05, 0) is 57.8 Å².